The van der Waals surface area contributed by atoms with E-state index in [1.165, 1.54) is 6.07 Å². The fraction of sp³-hybridized carbons (Fsp3) is 0.267. The van der Waals surface area contributed by atoms with Gasteiger partial charge < -0.3 is 16.0 Å². The minimum absolute atomic E-state index is 0.140. The second-order valence-corrected chi connectivity index (χ2v) is 4.61. The van der Waals surface area contributed by atoms with Crippen LogP contribution in [0.4, 0.5) is 5.69 Å². The summed E-state index contributed by atoms with van der Waals surface area (Å²) in [6.45, 7) is 2.24. The van der Waals surface area contributed by atoms with Gasteiger partial charge in [-0.15, -0.1) is 0 Å². The fourth-order valence-electron chi connectivity index (χ4n) is 1.92. The Morgan fingerprint density at radius 1 is 1.38 bits per heavy atom. The van der Waals surface area contributed by atoms with Crippen LogP contribution in [0.15, 0.2) is 35.1 Å². The highest BCUT2D eigenvalue weighted by atomic mass is 16.1. The van der Waals surface area contributed by atoms with Crippen molar-refractivity contribution in [1.82, 2.24) is 9.97 Å². The third-order valence-corrected chi connectivity index (χ3v) is 2.95. The van der Waals surface area contributed by atoms with Gasteiger partial charge in [-0.3, -0.25) is 9.59 Å². The molecule has 110 valence electrons. The molecule has 0 radical (unpaired) electrons. The Bertz CT molecular complexity index is 694. The number of carbonyl (C=O) groups is 1. The standard InChI is InChI=1S/C15H18N4O2/c1-2-11-9-14(21)19-15(18-11)10-4-3-5-12(8-10)17-13(20)6-7-16/h3-5,8-9H,2,6-7,16H2,1H3,(H,17,20)(H,18,19,21). The number of aryl methyl sites for hydroxylation is 1. The van der Waals surface area contributed by atoms with Crippen molar-refractivity contribution in [2.45, 2.75) is 19.8 Å². The van der Waals surface area contributed by atoms with E-state index in [1.807, 2.05) is 13.0 Å². The zero-order chi connectivity index (χ0) is 15.2. The molecule has 6 nitrogen and oxygen atoms in total. The van der Waals surface area contributed by atoms with E-state index < -0.39 is 0 Å². The van der Waals surface area contributed by atoms with Crippen LogP contribution in [0.3, 0.4) is 0 Å². The second kappa shape index (κ2) is 6.81. The lowest BCUT2D eigenvalue weighted by Crippen LogP contribution is -2.16. The van der Waals surface area contributed by atoms with Crippen molar-refractivity contribution in [2.24, 2.45) is 5.73 Å². The van der Waals surface area contributed by atoms with Crippen LogP contribution in [0, 0.1) is 0 Å². The first kappa shape index (κ1) is 14.9. The molecule has 0 fully saturated rings. The maximum atomic E-state index is 11.6. The lowest BCUT2D eigenvalue weighted by molar-refractivity contribution is -0.116. The molecule has 0 unspecified atom stereocenters. The summed E-state index contributed by atoms with van der Waals surface area (Å²) in [6.07, 6.45) is 0.953. The number of nitrogens with zero attached hydrogens (tertiary/aromatic N) is 1. The zero-order valence-electron chi connectivity index (χ0n) is 11.8. The summed E-state index contributed by atoms with van der Waals surface area (Å²) < 4.78 is 0. The van der Waals surface area contributed by atoms with E-state index in [9.17, 15) is 9.59 Å². The SMILES string of the molecule is CCc1cc(=O)[nH]c(-c2cccc(NC(=O)CCN)c2)n1. The lowest BCUT2D eigenvalue weighted by Gasteiger charge is -2.07. The smallest absolute Gasteiger partial charge is 0.251 e. The zero-order valence-corrected chi connectivity index (χ0v) is 11.8. The Kier molecular flexibility index (Phi) is 4.84. The molecule has 1 heterocycles. The number of aromatic nitrogens is 2. The van der Waals surface area contributed by atoms with E-state index in [2.05, 4.69) is 15.3 Å². The summed E-state index contributed by atoms with van der Waals surface area (Å²) in [5.41, 5.74) is 7.28. The first-order chi connectivity index (χ1) is 10.1. The number of benzene rings is 1. The molecule has 21 heavy (non-hydrogen) atoms. The van der Waals surface area contributed by atoms with Gasteiger partial charge in [-0.2, -0.15) is 0 Å². The number of H-pyrrole nitrogens is 1. The second-order valence-electron chi connectivity index (χ2n) is 4.61. The van der Waals surface area contributed by atoms with Gasteiger partial charge in [0.2, 0.25) is 5.91 Å². The minimum atomic E-state index is -0.186. The van der Waals surface area contributed by atoms with Crippen LogP contribution < -0.4 is 16.6 Å². The molecule has 0 saturated carbocycles. The van der Waals surface area contributed by atoms with Crippen molar-refractivity contribution in [2.75, 3.05) is 11.9 Å². The Labute approximate surface area is 122 Å². The molecule has 2 rings (SSSR count). The molecule has 0 aliphatic heterocycles. The van der Waals surface area contributed by atoms with Crippen molar-refractivity contribution >= 4 is 11.6 Å². The van der Waals surface area contributed by atoms with E-state index in [0.29, 0.717) is 24.5 Å². The van der Waals surface area contributed by atoms with Gasteiger partial charge in [-0.1, -0.05) is 19.1 Å². The van der Waals surface area contributed by atoms with Gasteiger partial charge in [-0.05, 0) is 18.6 Å². The van der Waals surface area contributed by atoms with Crippen molar-refractivity contribution in [3.05, 3.63) is 46.4 Å². The summed E-state index contributed by atoms with van der Waals surface area (Å²) >= 11 is 0. The average Bonchev–Trinajstić information content (AvgIpc) is 2.47. The molecule has 0 aliphatic carbocycles. The molecule has 0 spiro atoms. The Balaban J connectivity index is 2.30. The van der Waals surface area contributed by atoms with Crippen LogP contribution in [-0.2, 0) is 11.2 Å². The van der Waals surface area contributed by atoms with Gasteiger partial charge in [0.1, 0.15) is 5.82 Å². The van der Waals surface area contributed by atoms with E-state index in [1.54, 1.807) is 18.2 Å². The van der Waals surface area contributed by atoms with Crippen LogP contribution in [-0.4, -0.2) is 22.4 Å². The van der Waals surface area contributed by atoms with Crippen molar-refractivity contribution in [1.29, 1.82) is 0 Å². The highest BCUT2D eigenvalue weighted by Gasteiger charge is 2.06. The summed E-state index contributed by atoms with van der Waals surface area (Å²) in [7, 11) is 0. The largest absolute Gasteiger partial charge is 0.330 e. The summed E-state index contributed by atoms with van der Waals surface area (Å²) in [5.74, 6) is 0.354. The van der Waals surface area contributed by atoms with E-state index in [0.717, 1.165) is 11.3 Å². The molecule has 0 bridgehead atoms. The first-order valence-electron chi connectivity index (χ1n) is 6.83. The van der Waals surface area contributed by atoms with Crippen LogP contribution >= 0.6 is 0 Å². The summed E-state index contributed by atoms with van der Waals surface area (Å²) in [5, 5.41) is 2.76. The molecule has 6 heteroatoms. The van der Waals surface area contributed by atoms with Crippen molar-refractivity contribution in [3.8, 4) is 11.4 Å². The molecule has 1 amide bonds. The molecular formula is C15H18N4O2. The highest BCUT2D eigenvalue weighted by Crippen LogP contribution is 2.19. The normalized spacial score (nSPS) is 10.4. The molecule has 0 saturated heterocycles. The Hall–Kier alpha value is -2.47. The molecule has 1 aromatic heterocycles. The third-order valence-electron chi connectivity index (χ3n) is 2.95. The Morgan fingerprint density at radius 2 is 2.19 bits per heavy atom. The molecular weight excluding hydrogens is 268 g/mol. The Morgan fingerprint density at radius 3 is 2.90 bits per heavy atom. The van der Waals surface area contributed by atoms with Gasteiger partial charge in [0, 0.05) is 36.0 Å². The number of nitrogens with two attached hydrogens (primary N) is 1. The number of aromatic amines is 1. The van der Waals surface area contributed by atoms with E-state index in [4.69, 9.17) is 5.73 Å². The number of hydrogen-bond acceptors (Lipinski definition) is 4. The molecule has 0 aliphatic rings. The lowest BCUT2D eigenvalue weighted by atomic mass is 10.1. The maximum absolute atomic E-state index is 11.6. The monoisotopic (exact) mass is 286 g/mol. The number of hydrogen-bond donors (Lipinski definition) is 3. The minimum Gasteiger partial charge on any atom is -0.330 e. The third kappa shape index (κ3) is 4.00. The van der Waals surface area contributed by atoms with Crippen LogP contribution in [0.1, 0.15) is 19.0 Å². The van der Waals surface area contributed by atoms with Gasteiger partial charge in [0.05, 0.1) is 0 Å². The number of amides is 1. The van der Waals surface area contributed by atoms with Gasteiger partial charge in [-0.25, -0.2) is 4.98 Å². The van der Waals surface area contributed by atoms with Gasteiger partial charge in [0.25, 0.3) is 5.56 Å². The van der Waals surface area contributed by atoms with E-state index >= 15 is 0 Å². The topological polar surface area (TPSA) is 101 Å². The maximum Gasteiger partial charge on any atom is 0.251 e. The van der Waals surface area contributed by atoms with E-state index in [-0.39, 0.29) is 17.9 Å². The number of anilines is 1. The number of carbonyl (C=O) groups excluding carboxylic acids is 1. The van der Waals surface area contributed by atoms with Gasteiger partial charge >= 0.3 is 0 Å². The predicted molar refractivity (Wildman–Crippen MR) is 82.0 cm³/mol. The molecule has 0 atom stereocenters. The van der Waals surface area contributed by atoms with Crippen LogP contribution in [0.5, 0.6) is 0 Å². The first-order valence-corrected chi connectivity index (χ1v) is 6.83. The molecule has 4 N–H and O–H groups in total. The van der Waals surface area contributed by atoms with Crippen LogP contribution in [0.2, 0.25) is 0 Å². The summed E-state index contributed by atoms with van der Waals surface area (Å²) in [6, 6.07) is 8.66. The van der Waals surface area contributed by atoms with Crippen molar-refractivity contribution in [3.63, 3.8) is 0 Å². The highest BCUT2D eigenvalue weighted by molar-refractivity contribution is 5.91. The predicted octanol–water partition coefficient (Wildman–Crippen LogP) is 1.29. The molecule has 1 aromatic carbocycles. The number of nitrogens with one attached hydrogen (secondary N) is 2. The van der Waals surface area contributed by atoms with Crippen LogP contribution in [0.25, 0.3) is 11.4 Å². The fourth-order valence-corrected chi connectivity index (χ4v) is 1.92. The average molecular weight is 286 g/mol. The van der Waals surface area contributed by atoms with Crippen molar-refractivity contribution < 1.29 is 4.79 Å². The summed E-state index contributed by atoms with van der Waals surface area (Å²) in [4.78, 5) is 30.3. The quantitative estimate of drug-likeness (QED) is 0.770. The van der Waals surface area contributed by atoms with Gasteiger partial charge in [0.15, 0.2) is 0 Å². The number of rotatable bonds is 5. The molecule has 2 aromatic rings.